The smallest absolute Gasteiger partial charge is 0.251 e. The molecule has 0 atom stereocenters. The Balaban J connectivity index is 1.54. The largest absolute Gasteiger partial charge is 0.497 e. The lowest BCUT2D eigenvalue weighted by atomic mass is 10.1. The summed E-state index contributed by atoms with van der Waals surface area (Å²) in [5.74, 6) is 1.33. The molecule has 0 aliphatic heterocycles. The van der Waals surface area contributed by atoms with Gasteiger partial charge < -0.3 is 15.4 Å². The third kappa shape index (κ3) is 5.47. The summed E-state index contributed by atoms with van der Waals surface area (Å²) in [5, 5.41) is 6.78. The van der Waals surface area contributed by atoms with Crippen LogP contribution in [0.2, 0.25) is 5.02 Å². The van der Waals surface area contributed by atoms with Crippen molar-refractivity contribution in [3.8, 4) is 5.75 Å². The molecule has 144 valence electrons. The number of aromatic nitrogens is 1. The number of pyridine rings is 1. The zero-order valence-electron chi connectivity index (χ0n) is 15.6. The Hall–Kier alpha value is -3.05. The van der Waals surface area contributed by atoms with E-state index >= 15 is 0 Å². The Bertz CT molecular complexity index is 946. The molecule has 0 saturated heterocycles. The monoisotopic (exact) mass is 395 g/mol. The van der Waals surface area contributed by atoms with Crippen molar-refractivity contribution in [2.75, 3.05) is 19.0 Å². The highest BCUT2D eigenvalue weighted by Crippen LogP contribution is 2.15. The van der Waals surface area contributed by atoms with Gasteiger partial charge in [0, 0.05) is 29.9 Å². The van der Waals surface area contributed by atoms with Gasteiger partial charge in [0.2, 0.25) is 0 Å². The Kier molecular flexibility index (Phi) is 6.87. The second-order valence-electron chi connectivity index (χ2n) is 6.23. The highest BCUT2D eigenvalue weighted by Gasteiger charge is 2.08. The van der Waals surface area contributed by atoms with Crippen LogP contribution in [0.15, 0.2) is 66.9 Å². The van der Waals surface area contributed by atoms with Gasteiger partial charge in [-0.15, -0.1) is 0 Å². The van der Waals surface area contributed by atoms with E-state index in [1.807, 2.05) is 36.4 Å². The standard InChI is InChI=1S/C22H22ClN3O2/c1-28-19-7-4-5-16(13-19)9-11-24-21-14-17(10-12-25-21)22(27)26-15-18-6-2-3-8-20(18)23/h2-8,10,12-14H,9,11,15H2,1H3,(H,24,25)(H,26,27). The fourth-order valence-electron chi connectivity index (χ4n) is 2.75. The number of rotatable bonds is 8. The lowest BCUT2D eigenvalue weighted by molar-refractivity contribution is 0.0951. The molecule has 1 heterocycles. The molecule has 0 aliphatic carbocycles. The quantitative estimate of drug-likeness (QED) is 0.596. The van der Waals surface area contributed by atoms with Crippen LogP contribution in [-0.2, 0) is 13.0 Å². The van der Waals surface area contributed by atoms with Gasteiger partial charge in [0.15, 0.2) is 0 Å². The summed E-state index contributed by atoms with van der Waals surface area (Å²) in [7, 11) is 1.66. The number of hydrogen-bond acceptors (Lipinski definition) is 4. The van der Waals surface area contributed by atoms with E-state index in [1.54, 1.807) is 31.5 Å². The molecule has 6 heteroatoms. The summed E-state index contributed by atoms with van der Waals surface area (Å²) in [5.41, 5.74) is 2.59. The first-order valence-corrected chi connectivity index (χ1v) is 9.38. The number of carbonyl (C=O) groups excluding carboxylic acids is 1. The Morgan fingerprint density at radius 1 is 1.11 bits per heavy atom. The molecule has 0 radical (unpaired) electrons. The molecule has 3 rings (SSSR count). The normalized spacial score (nSPS) is 10.4. The summed E-state index contributed by atoms with van der Waals surface area (Å²) in [6.07, 6.45) is 2.44. The maximum absolute atomic E-state index is 12.4. The van der Waals surface area contributed by atoms with E-state index in [0.29, 0.717) is 29.5 Å². The predicted molar refractivity (Wildman–Crippen MR) is 112 cm³/mol. The first-order valence-electron chi connectivity index (χ1n) is 9.00. The van der Waals surface area contributed by atoms with Crippen LogP contribution < -0.4 is 15.4 Å². The molecule has 1 amide bonds. The molecule has 0 bridgehead atoms. The van der Waals surface area contributed by atoms with Gasteiger partial charge in [-0.25, -0.2) is 4.98 Å². The lowest BCUT2D eigenvalue weighted by Crippen LogP contribution is -2.23. The second kappa shape index (κ2) is 9.76. The van der Waals surface area contributed by atoms with E-state index < -0.39 is 0 Å². The van der Waals surface area contributed by atoms with E-state index in [0.717, 1.165) is 17.7 Å². The molecule has 2 N–H and O–H groups in total. The number of halogens is 1. The first kappa shape index (κ1) is 19.7. The number of benzene rings is 2. The molecule has 0 saturated carbocycles. The minimum atomic E-state index is -0.168. The van der Waals surface area contributed by atoms with Crippen LogP contribution in [0.4, 0.5) is 5.82 Å². The minimum absolute atomic E-state index is 0.168. The van der Waals surface area contributed by atoms with Gasteiger partial charge in [-0.1, -0.05) is 41.9 Å². The van der Waals surface area contributed by atoms with Gasteiger partial charge in [-0.3, -0.25) is 4.79 Å². The summed E-state index contributed by atoms with van der Waals surface area (Å²) < 4.78 is 5.24. The van der Waals surface area contributed by atoms with Crippen LogP contribution in [0.25, 0.3) is 0 Å². The molecule has 1 aromatic heterocycles. The molecule has 3 aromatic rings. The average Bonchev–Trinajstić information content (AvgIpc) is 2.73. The van der Waals surface area contributed by atoms with E-state index in [9.17, 15) is 4.79 Å². The van der Waals surface area contributed by atoms with Gasteiger partial charge in [-0.2, -0.15) is 0 Å². The third-order valence-electron chi connectivity index (χ3n) is 4.27. The summed E-state index contributed by atoms with van der Waals surface area (Å²) in [4.78, 5) is 16.7. The van der Waals surface area contributed by atoms with Gasteiger partial charge in [-0.05, 0) is 47.9 Å². The SMILES string of the molecule is COc1cccc(CCNc2cc(C(=O)NCc3ccccc3Cl)ccn2)c1. The Morgan fingerprint density at radius 2 is 1.96 bits per heavy atom. The highest BCUT2D eigenvalue weighted by atomic mass is 35.5. The maximum atomic E-state index is 12.4. The summed E-state index contributed by atoms with van der Waals surface area (Å²) >= 11 is 6.13. The van der Waals surface area contributed by atoms with Gasteiger partial charge >= 0.3 is 0 Å². The van der Waals surface area contributed by atoms with Gasteiger partial charge in [0.1, 0.15) is 11.6 Å². The zero-order valence-corrected chi connectivity index (χ0v) is 16.4. The van der Waals surface area contributed by atoms with Crippen molar-refractivity contribution in [2.45, 2.75) is 13.0 Å². The van der Waals surface area contributed by atoms with Crippen molar-refractivity contribution in [1.82, 2.24) is 10.3 Å². The summed E-state index contributed by atoms with van der Waals surface area (Å²) in [6, 6.07) is 18.8. The minimum Gasteiger partial charge on any atom is -0.497 e. The van der Waals surface area contributed by atoms with Crippen LogP contribution in [0.5, 0.6) is 5.75 Å². The number of carbonyl (C=O) groups is 1. The lowest BCUT2D eigenvalue weighted by Gasteiger charge is -2.09. The van der Waals surface area contributed by atoms with Gasteiger partial charge in [0.25, 0.3) is 5.91 Å². The second-order valence-corrected chi connectivity index (χ2v) is 6.64. The highest BCUT2D eigenvalue weighted by molar-refractivity contribution is 6.31. The van der Waals surface area contributed by atoms with Gasteiger partial charge in [0.05, 0.1) is 7.11 Å². The number of hydrogen-bond donors (Lipinski definition) is 2. The number of methoxy groups -OCH3 is 1. The fourth-order valence-corrected chi connectivity index (χ4v) is 2.95. The maximum Gasteiger partial charge on any atom is 0.251 e. The third-order valence-corrected chi connectivity index (χ3v) is 4.64. The van der Waals surface area contributed by atoms with Crippen molar-refractivity contribution in [2.24, 2.45) is 0 Å². The van der Waals surface area contributed by atoms with Crippen LogP contribution in [0.1, 0.15) is 21.5 Å². The van der Waals surface area contributed by atoms with E-state index in [4.69, 9.17) is 16.3 Å². The van der Waals surface area contributed by atoms with Crippen LogP contribution in [-0.4, -0.2) is 24.5 Å². The van der Waals surface area contributed by atoms with E-state index in [2.05, 4.69) is 21.7 Å². The molecular formula is C22H22ClN3O2. The number of ether oxygens (including phenoxy) is 1. The van der Waals surface area contributed by atoms with Crippen molar-refractivity contribution in [3.05, 3.63) is 88.6 Å². The number of anilines is 1. The predicted octanol–water partition coefficient (Wildman–Crippen LogP) is 4.33. The Morgan fingerprint density at radius 3 is 2.79 bits per heavy atom. The number of nitrogens with zero attached hydrogens (tertiary/aromatic N) is 1. The Labute approximate surface area is 169 Å². The molecule has 0 fully saturated rings. The average molecular weight is 396 g/mol. The molecule has 0 spiro atoms. The van der Waals surface area contributed by atoms with Crippen molar-refractivity contribution in [1.29, 1.82) is 0 Å². The number of amides is 1. The molecule has 0 unspecified atom stereocenters. The molecule has 28 heavy (non-hydrogen) atoms. The van der Waals surface area contributed by atoms with Crippen LogP contribution >= 0.6 is 11.6 Å². The fraction of sp³-hybridized carbons (Fsp3) is 0.182. The van der Waals surface area contributed by atoms with Crippen molar-refractivity contribution >= 4 is 23.3 Å². The molecule has 5 nitrogen and oxygen atoms in total. The molecule has 2 aromatic carbocycles. The topological polar surface area (TPSA) is 63.2 Å². The van der Waals surface area contributed by atoms with Crippen molar-refractivity contribution < 1.29 is 9.53 Å². The van der Waals surface area contributed by atoms with Crippen molar-refractivity contribution in [3.63, 3.8) is 0 Å². The summed E-state index contributed by atoms with van der Waals surface area (Å²) in [6.45, 7) is 1.07. The first-order chi connectivity index (χ1) is 13.7. The van der Waals surface area contributed by atoms with Crippen LogP contribution in [0, 0.1) is 0 Å². The zero-order chi connectivity index (χ0) is 19.8. The van der Waals surface area contributed by atoms with Crippen LogP contribution in [0.3, 0.4) is 0 Å². The molecule has 0 aliphatic rings. The number of nitrogens with one attached hydrogen (secondary N) is 2. The van der Waals surface area contributed by atoms with E-state index in [1.165, 1.54) is 5.56 Å². The molecular weight excluding hydrogens is 374 g/mol. The van der Waals surface area contributed by atoms with E-state index in [-0.39, 0.29) is 5.91 Å².